The maximum atomic E-state index is 9.43. The lowest BCUT2D eigenvalue weighted by Gasteiger charge is -2.47. The third-order valence-corrected chi connectivity index (χ3v) is 4.39. The minimum absolute atomic E-state index is 0.0331. The van der Waals surface area contributed by atoms with Crippen molar-refractivity contribution in [2.45, 2.75) is 57.3 Å². The summed E-state index contributed by atoms with van der Waals surface area (Å²) in [4.78, 5) is 0. The first kappa shape index (κ1) is 12.9. The Morgan fingerprint density at radius 2 is 2.26 bits per heavy atom. The second kappa shape index (κ2) is 5.14. The van der Waals surface area contributed by atoms with Gasteiger partial charge in [-0.05, 0) is 32.3 Å². The van der Waals surface area contributed by atoms with Crippen molar-refractivity contribution in [3.05, 3.63) is 29.3 Å². The number of hydrogen-bond acceptors (Lipinski definition) is 3. The van der Waals surface area contributed by atoms with Crippen LogP contribution in [0.2, 0.25) is 0 Å². The third-order valence-electron chi connectivity index (χ3n) is 4.39. The molecule has 104 valence electrons. The van der Waals surface area contributed by atoms with Crippen molar-refractivity contribution in [1.29, 1.82) is 0 Å². The summed E-state index contributed by atoms with van der Waals surface area (Å²) in [6, 6.07) is 6.00. The number of ether oxygens (including phenoxy) is 2. The summed E-state index contributed by atoms with van der Waals surface area (Å²) in [5.41, 5.74) is 2.14. The van der Waals surface area contributed by atoms with E-state index in [1.165, 1.54) is 19.3 Å². The van der Waals surface area contributed by atoms with Crippen LogP contribution in [0.3, 0.4) is 0 Å². The molecule has 0 bridgehead atoms. The average molecular weight is 262 g/mol. The highest BCUT2D eigenvalue weighted by Gasteiger charge is 2.43. The van der Waals surface area contributed by atoms with Gasteiger partial charge in [0.15, 0.2) is 0 Å². The number of aliphatic hydroxyl groups is 1. The van der Waals surface area contributed by atoms with E-state index in [0.29, 0.717) is 0 Å². The maximum Gasteiger partial charge on any atom is 0.125 e. The van der Waals surface area contributed by atoms with Gasteiger partial charge in [0.25, 0.3) is 0 Å². The predicted molar refractivity (Wildman–Crippen MR) is 73.3 cm³/mol. The molecule has 1 aliphatic heterocycles. The molecule has 2 aliphatic rings. The number of hydrogen-bond donors (Lipinski definition) is 1. The van der Waals surface area contributed by atoms with Crippen molar-refractivity contribution in [3.8, 4) is 5.75 Å². The summed E-state index contributed by atoms with van der Waals surface area (Å²) in [5, 5.41) is 9.43. The molecule has 3 heteroatoms. The quantitative estimate of drug-likeness (QED) is 0.910. The summed E-state index contributed by atoms with van der Waals surface area (Å²) in [6.45, 7) is 2.86. The van der Waals surface area contributed by atoms with E-state index in [4.69, 9.17) is 9.47 Å². The monoisotopic (exact) mass is 262 g/mol. The van der Waals surface area contributed by atoms with Crippen LogP contribution in [0.15, 0.2) is 18.2 Å². The molecule has 2 fully saturated rings. The molecule has 0 aromatic heterocycles. The largest absolute Gasteiger partial charge is 0.490 e. The van der Waals surface area contributed by atoms with Crippen molar-refractivity contribution in [2.75, 3.05) is 6.61 Å². The molecule has 19 heavy (non-hydrogen) atoms. The van der Waals surface area contributed by atoms with Gasteiger partial charge >= 0.3 is 0 Å². The molecule has 0 amide bonds. The first-order valence-corrected chi connectivity index (χ1v) is 7.22. The van der Waals surface area contributed by atoms with Gasteiger partial charge in [-0.2, -0.15) is 0 Å². The standard InChI is InChI=1S/C16H22O3/c1-12-3-4-15(13(9-12)11-17)19-14-5-8-18-16(10-14)6-2-7-16/h3-4,9,14,17H,2,5-8,10-11H2,1H3. The average Bonchev–Trinajstić information content (AvgIpc) is 2.39. The van der Waals surface area contributed by atoms with Gasteiger partial charge in [-0.25, -0.2) is 0 Å². The highest BCUT2D eigenvalue weighted by molar-refractivity contribution is 5.36. The highest BCUT2D eigenvalue weighted by atomic mass is 16.5. The van der Waals surface area contributed by atoms with Gasteiger partial charge in [-0.3, -0.25) is 0 Å². The Morgan fingerprint density at radius 1 is 1.42 bits per heavy atom. The van der Waals surface area contributed by atoms with E-state index in [1.54, 1.807) is 0 Å². The molecule has 1 atom stereocenters. The molecule has 1 aromatic rings. The Kier molecular flexibility index (Phi) is 3.50. The van der Waals surface area contributed by atoms with Crippen LogP contribution in [0, 0.1) is 6.92 Å². The van der Waals surface area contributed by atoms with Gasteiger partial charge in [0, 0.05) is 18.4 Å². The van der Waals surface area contributed by atoms with Crippen LogP contribution in [0.5, 0.6) is 5.75 Å². The van der Waals surface area contributed by atoms with Crippen LogP contribution < -0.4 is 4.74 Å². The second-order valence-corrected chi connectivity index (χ2v) is 5.89. The van der Waals surface area contributed by atoms with E-state index in [0.717, 1.165) is 36.3 Å². The molecule has 1 saturated carbocycles. The first-order chi connectivity index (χ1) is 9.21. The molecule has 1 spiro atoms. The number of aliphatic hydroxyl groups excluding tert-OH is 1. The fraction of sp³-hybridized carbons (Fsp3) is 0.625. The van der Waals surface area contributed by atoms with Crippen LogP contribution in [0.1, 0.15) is 43.2 Å². The van der Waals surface area contributed by atoms with Gasteiger partial charge in [0.2, 0.25) is 0 Å². The zero-order valence-corrected chi connectivity index (χ0v) is 11.5. The van der Waals surface area contributed by atoms with Crippen molar-refractivity contribution in [3.63, 3.8) is 0 Å². The zero-order chi connectivity index (χ0) is 13.3. The maximum absolute atomic E-state index is 9.43. The van der Waals surface area contributed by atoms with Crippen LogP contribution >= 0.6 is 0 Å². The van der Waals surface area contributed by atoms with Gasteiger partial charge in [0.05, 0.1) is 18.8 Å². The number of benzene rings is 1. The molecular weight excluding hydrogens is 240 g/mol. The van der Waals surface area contributed by atoms with Gasteiger partial charge in [0.1, 0.15) is 11.9 Å². The minimum Gasteiger partial charge on any atom is -0.490 e. The van der Waals surface area contributed by atoms with E-state index in [1.807, 2.05) is 25.1 Å². The lowest BCUT2D eigenvalue weighted by Crippen LogP contribution is -2.48. The van der Waals surface area contributed by atoms with Gasteiger partial charge in [-0.1, -0.05) is 17.7 Å². The van der Waals surface area contributed by atoms with Crippen LogP contribution in [0.25, 0.3) is 0 Å². The Bertz CT molecular complexity index is 451. The number of rotatable bonds is 3. The minimum atomic E-state index is 0.0331. The molecule has 3 rings (SSSR count). The fourth-order valence-electron chi connectivity index (χ4n) is 3.13. The molecule has 1 N–H and O–H groups in total. The summed E-state index contributed by atoms with van der Waals surface area (Å²) in [6.07, 6.45) is 5.79. The Morgan fingerprint density at radius 3 is 2.95 bits per heavy atom. The molecule has 1 unspecified atom stereocenters. The van der Waals surface area contributed by atoms with E-state index < -0.39 is 0 Å². The second-order valence-electron chi connectivity index (χ2n) is 5.89. The lowest BCUT2D eigenvalue weighted by atomic mass is 9.74. The van der Waals surface area contributed by atoms with E-state index >= 15 is 0 Å². The molecule has 1 saturated heterocycles. The Labute approximate surface area is 114 Å². The summed E-state index contributed by atoms with van der Waals surface area (Å²) in [5.74, 6) is 0.828. The van der Waals surface area contributed by atoms with E-state index in [2.05, 4.69) is 0 Å². The van der Waals surface area contributed by atoms with Crippen molar-refractivity contribution < 1.29 is 14.6 Å². The predicted octanol–water partition coefficient (Wildman–Crippen LogP) is 2.97. The van der Waals surface area contributed by atoms with Gasteiger partial charge < -0.3 is 14.6 Å². The van der Waals surface area contributed by atoms with Crippen LogP contribution in [-0.4, -0.2) is 23.4 Å². The molecule has 0 radical (unpaired) electrons. The molecule has 3 nitrogen and oxygen atoms in total. The van der Waals surface area contributed by atoms with E-state index in [-0.39, 0.29) is 18.3 Å². The fourth-order valence-corrected chi connectivity index (χ4v) is 3.13. The first-order valence-electron chi connectivity index (χ1n) is 7.22. The number of aryl methyl sites for hydroxylation is 1. The van der Waals surface area contributed by atoms with Crippen molar-refractivity contribution in [2.24, 2.45) is 0 Å². The lowest BCUT2D eigenvalue weighted by molar-refractivity contribution is -0.153. The third kappa shape index (κ3) is 2.63. The molecular formula is C16H22O3. The summed E-state index contributed by atoms with van der Waals surface area (Å²) < 4.78 is 12.0. The normalized spacial score (nSPS) is 25.1. The van der Waals surface area contributed by atoms with Crippen molar-refractivity contribution in [1.82, 2.24) is 0 Å². The van der Waals surface area contributed by atoms with E-state index in [9.17, 15) is 5.11 Å². The smallest absolute Gasteiger partial charge is 0.125 e. The van der Waals surface area contributed by atoms with Crippen molar-refractivity contribution >= 4 is 0 Å². The topological polar surface area (TPSA) is 38.7 Å². The molecule has 1 aliphatic carbocycles. The Balaban J connectivity index is 1.70. The van der Waals surface area contributed by atoms with Crippen LogP contribution in [0.4, 0.5) is 0 Å². The highest BCUT2D eigenvalue weighted by Crippen LogP contribution is 2.43. The molecule has 1 aromatic carbocycles. The zero-order valence-electron chi connectivity index (χ0n) is 11.5. The summed E-state index contributed by atoms with van der Waals surface area (Å²) in [7, 11) is 0. The van der Waals surface area contributed by atoms with Crippen LogP contribution in [-0.2, 0) is 11.3 Å². The summed E-state index contributed by atoms with van der Waals surface area (Å²) >= 11 is 0. The Hall–Kier alpha value is -1.06. The van der Waals surface area contributed by atoms with Gasteiger partial charge in [-0.15, -0.1) is 0 Å². The SMILES string of the molecule is Cc1ccc(OC2CCOC3(CCC3)C2)c(CO)c1. The molecule has 1 heterocycles.